The smallest absolute Gasteiger partial charge is 0.332 e. The molecule has 1 saturated carbocycles. The quantitative estimate of drug-likeness (QED) is 0.720. The van der Waals surface area contributed by atoms with E-state index in [-0.39, 0.29) is 24.1 Å². The van der Waals surface area contributed by atoms with Crippen molar-refractivity contribution in [3.05, 3.63) is 26.9 Å². The summed E-state index contributed by atoms with van der Waals surface area (Å²) in [6.45, 7) is -0.142. The van der Waals surface area contributed by atoms with Gasteiger partial charge in [0.15, 0.2) is 5.78 Å². The van der Waals surface area contributed by atoms with Crippen LogP contribution in [0.15, 0.2) is 15.7 Å². The second-order valence-electron chi connectivity index (χ2n) is 4.08. The van der Waals surface area contributed by atoms with Gasteiger partial charge in [-0.3, -0.25) is 18.7 Å². The van der Waals surface area contributed by atoms with Gasteiger partial charge in [0.25, 0.3) is 5.56 Å². The summed E-state index contributed by atoms with van der Waals surface area (Å²) < 4.78 is 2.08. The molecule has 0 bridgehead atoms. The van der Waals surface area contributed by atoms with Crippen molar-refractivity contribution in [2.75, 3.05) is 5.73 Å². The predicted octanol–water partition coefficient (Wildman–Crippen LogP) is -0.892. The van der Waals surface area contributed by atoms with Crippen molar-refractivity contribution < 1.29 is 4.79 Å². The Morgan fingerprint density at radius 2 is 2.12 bits per heavy atom. The fourth-order valence-electron chi connectivity index (χ4n) is 1.52. The lowest BCUT2D eigenvalue weighted by Crippen LogP contribution is -2.41. The number of nitrogens with two attached hydrogens (primary N) is 1. The second kappa shape index (κ2) is 3.62. The number of carbonyl (C=O) groups excluding carboxylic acids is 1. The molecule has 1 fully saturated rings. The van der Waals surface area contributed by atoms with Crippen molar-refractivity contribution in [1.29, 1.82) is 0 Å². The molecule has 0 saturated heterocycles. The van der Waals surface area contributed by atoms with Crippen molar-refractivity contribution in [2.45, 2.75) is 19.4 Å². The molecule has 1 heterocycles. The van der Waals surface area contributed by atoms with Crippen molar-refractivity contribution in [3.8, 4) is 0 Å². The molecule has 86 valence electrons. The van der Waals surface area contributed by atoms with Crippen LogP contribution in [0.1, 0.15) is 12.8 Å². The van der Waals surface area contributed by atoms with Crippen molar-refractivity contribution in [1.82, 2.24) is 9.13 Å². The number of Topliss-reactive ketones (excluding diaryl/α,β-unsaturated/α-hetero) is 1. The number of nitrogen functional groups attached to an aromatic ring is 1. The van der Waals surface area contributed by atoms with E-state index >= 15 is 0 Å². The van der Waals surface area contributed by atoms with Crippen LogP contribution >= 0.6 is 0 Å². The predicted molar refractivity (Wildman–Crippen MR) is 58.1 cm³/mol. The molecule has 0 aromatic carbocycles. The Bertz CT molecular complexity index is 551. The maximum Gasteiger partial charge on any atom is 0.332 e. The average molecular weight is 223 g/mol. The first-order valence-corrected chi connectivity index (χ1v) is 5.09. The van der Waals surface area contributed by atoms with Gasteiger partial charge < -0.3 is 5.73 Å². The van der Waals surface area contributed by atoms with Gasteiger partial charge >= 0.3 is 5.69 Å². The monoisotopic (exact) mass is 223 g/mol. The lowest BCUT2D eigenvalue weighted by molar-refractivity contribution is -0.120. The van der Waals surface area contributed by atoms with Crippen LogP contribution in [0.3, 0.4) is 0 Å². The highest BCUT2D eigenvalue weighted by Crippen LogP contribution is 2.29. The fraction of sp³-hybridized carbons (Fsp3) is 0.500. The highest BCUT2D eigenvalue weighted by atomic mass is 16.2. The van der Waals surface area contributed by atoms with Gasteiger partial charge in [-0.1, -0.05) is 0 Å². The molecule has 0 radical (unpaired) electrons. The Morgan fingerprint density at radius 3 is 2.69 bits per heavy atom. The number of rotatable bonds is 3. The molecule has 0 amide bonds. The van der Waals surface area contributed by atoms with Gasteiger partial charge in [-0.15, -0.1) is 0 Å². The third-order valence-corrected chi connectivity index (χ3v) is 2.79. The molecule has 6 nitrogen and oxygen atoms in total. The number of ketones is 1. The van der Waals surface area contributed by atoms with E-state index in [1.54, 1.807) is 0 Å². The van der Waals surface area contributed by atoms with Gasteiger partial charge in [-0.05, 0) is 12.8 Å². The molecule has 2 rings (SSSR count). The summed E-state index contributed by atoms with van der Waals surface area (Å²) in [5.41, 5.74) is 4.40. The zero-order valence-electron chi connectivity index (χ0n) is 8.97. The maximum atomic E-state index is 11.7. The third-order valence-electron chi connectivity index (χ3n) is 2.79. The van der Waals surface area contributed by atoms with E-state index in [1.165, 1.54) is 7.05 Å². The Kier molecular flexibility index (Phi) is 2.41. The Balaban J connectivity index is 2.40. The molecule has 0 spiro atoms. The number of anilines is 1. The van der Waals surface area contributed by atoms with Crippen molar-refractivity contribution in [2.24, 2.45) is 13.0 Å². The first kappa shape index (κ1) is 10.7. The van der Waals surface area contributed by atoms with Crippen LogP contribution in [0.2, 0.25) is 0 Å². The van der Waals surface area contributed by atoms with Crippen LogP contribution < -0.4 is 17.0 Å². The summed E-state index contributed by atoms with van der Waals surface area (Å²) in [7, 11) is 1.47. The van der Waals surface area contributed by atoms with E-state index in [0.29, 0.717) is 0 Å². The molecule has 16 heavy (non-hydrogen) atoms. The lowest BCUT2D eigenvalue weighted by Gasteiger charge is -2.07. The van der Waals surface area contributed by atoms with Crippen LogP contribution in [0, 0.1) is 5.92 Å². The van der Waals surface area contributed by atoms with Crippen LogP contribution in [-0.2, 0) is 18.4 Å². The first-order chi connectivity index (χ1) is 7.50. The minimum Gasteiger partial charge on any atom is -0.385 e. The van der Waals surface area contributed by atoms with E-state index in [2.05, 4.69) is 0 Å². The summed E-state index contributed by atoms with van der Waals surface area (Å²) in [5.74, 6) is 0.0863. The molecular weight excluding hydrogens is 210 g/mol. The third kappa shape index (κ3) is 1.78. The molecule has 0 atom stereocenters. The van der Waals surface area contributed by atoms with E-state index < -0.39 is 11.2 Å². The normalized spacial score (nSPS) is 15.1. The summed E-state index contributed by atoms with van der Waals surface area (Å²) in [5, 5.41) is 0. The van der Waals surface area contributed by atoms with E-state index in [1.807, 2.05) is 0 Å². The van der Waals surface area contributed by atoms with Gasteiger partial charge in [0.2, 0.25) is 0 Å². The van der Waals surface area contributed by atoms with E-state index in [4.69, 9.17) is 5.73 Å². The Hall–Kier alpha value is -1.85. The number of aromatic nitrogens is 2. The van der Waals surface area contributed by atoms with Gasteiger partial charge in [0.1, 0.15) is 5.82 Å². The first-order valence-electron chi connectivity index (χ1n) is 5.09. The Labute approximate surface area is 91.3 Å². The zero-order chi connectivity index (χ0) is 11.9. The largest absolute Gasteiger partial charge is 0.385 e. The number of carbonyl (C=O) groups is 1. The summed E-state index contributed by atoms with van der Waals surface area (Å²) in [6, 6.07) is 1.15. The summed E-state index contributed by atoms with van der Waals surface area (Å²) >= 11 is 0. The van der Waals surface area contributed by atoms with Gasteiger partial charge in [0, 0.05) is 19.0 Å². The highest BCUT2D eigenvalue weighted by molar-refractivity contribution is 5.82. The minimum absolute atomic E-state index is 0.0363. The SMILES string of the molecule is Cn1c(N)cc(=O)n(CC(=O)C2CC2)c1=O. The zero-order valence-corrected chi connectivity index (χ0v) is 8.97. The molecule has 2 N–H and O–H groups in total. The molecule has 1 aromatic rings. The number of nitrogens with zero attached hydrogens (tertiary/aromatic N) is 2. The van der Waals surface area contributed by atoms with Crippen LogP contribution in [0.25, 0.3) is 0 Å². The fourth-order valence-corrected chi connectivity index (χ4v) is 1.52. The van der Waals surface area contributed by atoms with Gasteiger partial charge in [0.05, 0.1) is 6.54 Å². The second-order valence-corrected chi connectivity index (χ2v) is 4.08. The van der Waals surface area contributed by atoms with Crippen molar-refractivity contribution >= 4 is 11.6 Å². The molecule has 6 heteroatoms. The molecule has 0 aliphatic heterocycles. The molecule has 1 aliphatic carbocycles. The van der Waals surface area contributed by atoms with Gasteiger partial charge in [-0.25, -0.2) is 4.79 Å². The van der Waals surface area contributed by atoms with Crippen LogP contribution in [0.4, 0.5) is 5.82 Å². The van der Waals surface area contributed by atoms with Crippen LogP contribution in [0.5, 0.6) is 0 Å². The van der Waals surface area contributed by atoms with Crippen LogP contribution in [-0.4, -0.2) is 14.9 Å². The maximum absolute atomic E-state index is 11.7. The van der Waals surface area contributed by atoms with Gasteiger partial charge in [-0.2, -0.15) is 0 Å². The summed E-state index contributed by atoms with van der Waals surface area (Å²) in [6.07, 6.45) is 1.73. The van der Waals surface area contributed by atoms with E-state index in [9.17, 15) is 14.4 Å². The minimum atomic E-state index is -0.543. The molecule has 1 aliphatic rings. The standard InChI is InChI=1S/C10H13N3O3/c1-12-8(11)4-9(15)13(10(12)16)5-7(14)6-2-3-6/h4,6H,2-3,5,11H2,1H3. The molecule has 1 aromatic heterocycles. The topological polar surface area (TPSA) is 87.1 Å². The lowest BCUT2D eigenvalue weighted by atomic mass is 10.2. The summed E-state index contributed by atoms with van der Waals surface area (Å²) in [4.78, 5) is 34.7. The molecular formula is C10H13N3O3. The van der Waals surface area contributed by atoms with E-state index in [0.717, 1.165) is 28.0 Å². The number of hydrogen-bond acceptors (Lipinski definition) is 4. The Morgan fingerprint density at radius 1 is 1.50 bits per heavy atom. The average Bonchev–Trinajstić information content (AvgIpc) is 3.04. The molecule has 0 unspecified atom stereocenters. The number of hydrogen-bond donors (Lipinski definition) is 1. The highest BCUT2D eigenvalue weighted by Gasteiger charge is 2.30. The van der Waals surface area contributed by atoms with Crippen molar-refractivity contribution in [3.63, 3.8) is 0 Å².